The van der Waals surface area contributed by atoms with E-state index in [0.29, 0.717) is 33.8 Å². The second-order valence-corrected chi connectivity index (χ2v) is 12.8. The van der Waals surface area contributed by atoms with Crippen LogP contribution in [0.2, 0.25) is 10.0 Å². The predicted octanol–water partition coefficient (Wildman–Crippen LogP) is 6.31. The third-order valence-electron chi connectivity index (χ3n) is 6.47. The summed E-state index contributed by atoms with van der Waals surface area (Å²) in [5.74, 6) is -0.142. The Morgan fingerprint density at radius 2 is 1.61 bits per heavy atom. The van der Waals surface area contributed by atoms with Crippen LogP contribution in [0, 0.1) is 5.92 Å². The van der Waals surface area contributed by atoms with Crippen molar-refractivity contribution >= 4 is 51.2 Å². The van der Waals surface area contributed by atoms with Crippen molar-refractivity contribution in [3.63, 3.8) is 0 Å². The van der Waals surface area contributed by atoms with Gasteiger partial charge in [-0.3, -0.25) is 4.79 Å². The number of sulfonamides is 1. The number of ether oxygens (including phenoxy) is 1. The molecule has 0 aliphatic carbocycles. The smallest absolute Gasteiger partial charge is 0.340 e. The van der Waals surface area contributed by atoms with E-state index in [9.17, 15) is 18.0 Å². The van der Waals surface area contributed by atoms with Crippen LogP contribution in [0.4, 0.5) is 0 Å². The standard InChI is InChI=1S/C30H30Cl2N2O6S/c1-19(2)16-34-20(3)28(30(36)39-4)27(29(34)35)15-24-11-12-25(40-24)18-33(17-21-5-7-22(31)8-6-21)41(37,38)26-13-9-23(32)10-14-26/h5-15,19H,16-18H2,1-4H3/b27-15+. The lowest BCUT2D eigenvalue weighted by Gasteiger charge is -2.21. The molecule has 0 unspecified atom stereocenters. The van der Waals surface area contributed by atoms with E-state index >= 15 is 0 Å². The molecule has 3 aromatic rings. The van der Waals surface area contributed by atoms with Gasteiger partial charge in [0.1, 0.15) is 11.5 Å². The van der Waals surface area contributed by atoms with Gasteiger partial charge in [-0.1, -0.05) is 49.2 Å². The Bertz CT molecular complexity index is 1610. The first kappa shape index (κ1) is 30.6. The Labute approximate surface area is 249 Å². The van der Waals surface area contributed by atoms with Crippen LogP contribution in [0.5, 0.6) is 0 Å². The lowest BCUT2D eigenvalue weighted by atomic mass is 10.1. The fraction of sp³-hybridized carbons (Fsp3) is 0.267. The lowest BCUT2D eigenvalue weighted by molar-refractivity contribution is -0.136. The number of rotatable bonds is 10. The summed E-state index contributed by atoms with van der Waals surface area (Å²) in [5.41, 5.74) is 1.57. The molecule has 11 heteroatoms. The SMILES string of the molecule is COC(=O)C1=C(C)N(CC(C)C)C(=O)/C1=C/c1ccc(CN(Cc2ccc(Cl)cc2)S(=O)(=O)c2ccc(Cl)cc2)o1. The van der Waals surface area contributed by atoms with Crippen LogP contribution in [-0.2, 0) is 37.4 Å². The van der Waals surface area contributed by atoms with Crippen molar-refractivity contribution in [2.24, 2.45) is 5.92 Å². The van der Waals surface area contributed by atoms with E-state index in [1.807, 2.05) is 13.8 Å². The lowest BCUT2D eigenvalue weighted by Crippen LogP contribution is -2.30. The van der Waals surface area contributed by atoms with Crippen molar-refractivity contribution in [2.75, 3.05) is 13.7 Å². The maximum absolute atomic E-state index is 13.7. The van der Waals surface area contributed by atoms with Gasteiger partial charge < -0.3 is 14.1 Å². The van der Waals surface area contributed by atoms with Crippen molar-refractivity contribution in [1.82, 2.24) is 9.21 Å². The summed E-state index contributed by atoms with van der Waals surface area (Å²) in [5, 5.41) is 0.953. The molecule has 0 saturated carbocycles. The highest BCUT2D eigenvalue weighted by Gasteiger charge is 2.37. The summed E-state index contributed by atoms with van der Waals surface area (Å²) in [4.78, 5) is 27.5. The van der Waals surface area contributed by atoms with Gasteiger partial charge in [-0.2, -0.15) is 4.31 Å². The van der Waals surface area contributed by atoms with Crippen LogP contribution in [-0.4, -0.2) is 43.2 Å². The number of allylic oxidation sites excluding steroid dienone is 1. The minimum Gasteiger partial charge on any atom is -0.465 e. The number of hydrogen-bond donors (Lipinski definition) is 0. The van der Waals surface area contributed by atoms with Gasteiger partial charge in [0.05, 0.1) is 29.7 Å². The Kier molecular flexibility index (Phi) is 9.44. The number of carbonyl (C=O) groups is 2. The van der Waals surface area contributed by atoms with Gasteiger partial charge >= 0.3 is 5.97 Å². The summed E-state index contributed by atoms with van der Waals surface area (Å²) in [7, 11) is -2.70. The molecule has 1 aliphatic heterocycles. The molecule has 0 spiro atoms. The van der Waals surface area contributed by atoms with E-state index in [-0.39, 0.29) is 41.0 Å². The molecule has 4 rings (SSSR count). The third kappa shape index (κ3) is 6.93. The Balaban J connectivity index is 1.67. The second kappa shape index (κ2) is 12.7. The van der Waals surface area contributed by atoms with Crippen molar-refractivity contribution in [3.05, 3.63) is 105 Å². The number of esters is 1. The average molecular weight is 618 g/mol. The highest BCUT2D eigenvalue weighted by Crippen LogP contribution is 2.33. The molecular formula is C30H30Cl2N2O6S. The molecule has 0 radical (unpaired) electrons. The number of methoxy groups -OCH3 is 1. The number of carbonyl (C=O) groups excluding carboxylic acids is 2. The first-order valence-corrected chi connectivity index (χ1v) is 15.0. The molecule has 8 nitrogen and oxygen atoms in total. The number of amides is 1. The maximum Gasteiger partial charge on any atom is 0.340 e. The Morgan fingerprint density at radius 3 is 2.20 bits per heavy atom. The van der Waals surface area contributed by atoms with Gasteiger partial charge in [0.25, 0.3) is 5.91 Å². The molecule has 1 aromatic heterocycles. The number of halogens is 2. The van der Waals surface area contributed by atoms with Crippen LogP contribution in [0.25, 0.3) is 6.08 Å². The van der Waals surface area contributed by atoms with Crippen molar-refractivity contribution in [1.29, 1.82) is 0 Å². The highest BCUT2D eigenvalue weighted by atomic mass is 35.5. The van der Waals surface area contributed by atoms with Crippen LogP contribution < -0.4 is 0 Å². The average Bonchev–Trinajstić information content (AvgIpc) is 3.46. The molecule has 1 amide bonds. The topological polar surface area (TPSA) is 97.1 Å². The fourth-order valence-electron chi connectivity index (χ4n) is 4.46. The Morgan fingerprint density at radius 1 is 1.00 bits per heavy atom. The summed E-state index contributed by atoms with van der Waals surface area (Å²) in [6, 6.07) is 16.1. The predicted molar refractivity (Wildman–Crippen MR) is 157 cm³/mol. The summed E-state index contributed by atoms with van der Waals surface area (Å²) < 4.78 is 39.5. The normalized spacial score (nSPS) is 15.1. The molecular weight excluding hydrogens is 587 g/mol. The summed E-state index contributed by atoms with van der Waals surface area (Å²) in [6.07, 6.45) is 1.49. The van der Waals surface area contributed by atoms with Gasteiger partial charge in [0.15, 0.2) is 0 Å². The van der Waals surface area contributed by atoms with Crippen molar-refractivity contribution in [2.45, 2.75) is 38.8 Å². The minimum atomic E-state index is -3.96. The zero-order chi connectivity index (χ0) is 29.9. The number of benzene rings is 2. The number of furan rings is 1. The maximum atomic E-state index is 13.7. The van der Waals surface area contributed by atoms with Gasteiger partial charge in [-0.15, -0.1) is 0 Å². The van der Waals surface area contributed by atoms with Crippen LogP contribution in [0.15, 0.2) is 86.8 Å². The van der Waals surface area contributed by atoms with E-state index in [1.54, 1.807) is 48.2 Å². The van der Waals surface area contributed by atoms with Crippen LogP contribution >= 0.6 is 23.2 Å². The first-order chi connectivity index (χ1) is 19.4. The quantitative estimate of drug-likeness (QED) is 0.196. The van der Waals surface area contributed by atoms with Crippen molar-refractivity contribution in [3.8, 4) is 0 Å². The number of nitrogens with zero attached hydrogens (tertiary/aromatic N) is 2. The highest BCUT2D eigenvalue weighted by molar-refractivity contribution is 7.89. The molecule has 0 atom stereocenters. The van der Waals surface area contributed by atoms with Gasteiger partial charge in [-0.25, -0.2) is 13.2 Å². The third-order valence-corrected chi connectivity index (χ3v) is 8.78. The molecule has 2 heterocycles. The molecule has 0 saturated heterocycles. The largest absolute Gasteiger partial charge is 0.465 e. The van der Waals surface area contributed by atoms with E-state index in [2.05, 4.69) is 0 Å². The van der Waals surface area contributed by atoms with Crippen LogP contribution in [0.1, 0.15) is 37.9 Å². The Hall–Kier alpha value is -3.37. The zero-order valence-electron chi connectivity index (χ0n) is 23.1. The van der Waals surface area contributed by atoms with E-state index < -0.39 is 16.0 Å². The molecule has 1 aliphatic rings. The van der Waals surface area contributed by atoms with E-state index in [1.165, 1.54) is 41.8 Å². The van der Waals surface area contributed by atoms with E-state index in [4.69, 9.17) is 32.4 Å². The fourth-order valence-corrected chi connectivity index (χ4v) is 6.11. The van der Waals surface area contributed by atoms with Gasteiger partial charge in [0, 0.05) is 28.8 Å². The summed E-state index contributed by atoms with van der Waals surface area (Å²) >= 11 is 12.0. The van der Waals surface area contributed by atoms with Crippen molar-refractivity contribution < 1.29 is 27.2 Å². The molecule has 0 N–H and O–H groups in total. The molecule has 0 fully saturated rings. The first-order valence-electron chi connectivity index (χ1n) is 12.8. The zero-order valence-corrected chi connectivity index (χ0v) is 25.4. The van der Waals surface area contributed by atoms with Gasteiger partial charge in [-0.05, 0) is 73.0 Å². The van der Waals surface area contributed by atoms with Gasteiger partial charge in [0.2, 0.25) is 10.0 Å². The molecule has 216 valence electrons. The van der Waals surface area contributed by atoms with Crippen LogP contribution in [0.3, 0.4) is 0 Å². The second-order valence-electron chi connectivity index (χ2n) is 9.98. The summed E-state index contributed by atoms with van der Waals surface area (Å²) in [6.45, 7) is 6.06. The minimum absolute atomic E-state index is 0.0519. The number of hydrogen-bond acceptors (Lipinski definition) is 6. The monoisotopic (exact) mass is 616 g/mol. The molecule has 2 aromatic carbocycles. The molecule has 0 bridgehead atoms. The molecule has 41 heavy (non-hydrogen) atoms. The van der Waals surface area contributed by atoms with E-state index in [0.717, 1.165) is 5.56 Å².